The molecule has 1 aliphatic rings. The topological polar surface area (TPSA) is 54.2 Å². The maximum absolute atomic E-state index is 5.78. The fourth-order valence-corrected chi connectivity index (χ4v) is 3.46. The molecule has 0 spiro atoms. The lowest BCUT2D eigenvalue weighted by Gasteiger charge is -2.31. The monoisotopic (exact) mass is 292 g/mol. The van der Waals surface area contributed by atoms with Crippen LogP contribution in [0.5, 0.6) is 0 Å². The van der Waals surface area contributed by atoms with Crippen LogP contribution in [-0.4, -0.2) is 22.8 Å². The number of hydrogen-bond donors (Lipinski definition) is 1. The number of nitrogens with zero attached hydrogens (tertiary/aromatic N) is 3. The van der Waals surface area contributed by atoms with E-state index in [0.29, 0.717) is 30.5 Å². The molecule has 5 nitrogen and oxygen atoms in total. The number of hydrogen-bond acceptors (Lipinski definition) is 6. The van der Waals surface area contributed by atoms with Gasteiger partial charge in [0.1, 0.15) is 0 Å². The Morgan fingerprint density at radius 1 is 1.50 bits per heavy atom. The molecule has 0 bridgehead atoms. The van der Waals surface area contributed by atoms with Gasteiger partial charge in [-0.15, -0.1) is 16.4 Å². The fourth-order valence-electron chi connectivity index (χ4n) is 2.49. The highest BCUT2D eigenvalue weighted by Gasteiger charge is 2.28. The summed E-state index contributed by atoms with van der Waals surface area (Å²) >= 11 is 1.84. The molecule has 0 saturated heterocycles. The van der Waals surface area contributed by atoms with Crippen LogP contribution in [0.15, 0.2) is 15.9 Å². The van der Waals surface area contributed by atoms with Gasteiger partial charge in [-0.1, -0.05) is 18.9 Å². The van der Waals surface area contributed by atoms with E-state index in [1.165, 1.54) is 10.4 Å². The average Bonchev–Trinajstić information content (AvgIpc) is 3.05. The number of aromatic nitrogens is 2. The first-order valence-electron chi connectivity index (χ1n) is 7.04. The maximum Gasteiger partial charge on any atom is 0.318 e. The maximum atomic E-state index is 5.78. The first kappa shape index (κ1) is 13.6. The Morgan fingerprint density at radius 3 is 3.15 bits per heavy atom. The molecule has 0 aliphatic carbocycles. The van der Waals surface area contributed by atoms with Crippen LogP contribution in [-0.2, 0) is 13.0 Å². The van der Waals surface area contributed by atoms with Gasteiger partial charge in [0.2, 0.25) is 5.89 Å². The molecule has 2 aromatic heterocycles. The second-order valence-electron chi connectivity index (χ2n) is 5.43. The molecule has 2 aromatic rings. The minimum Gasteiger partial charge on any atom is -0.407 e. The molecular weight excluding hydrogens is 272 g/mol. The number of rotatable bonds is 4. The summed E-state index contributed by atoms with van der Waals surface area (Å²) in [6, 6.07) is 3.55. The third-order valence-corrected chi connectivity index (χ3v) is 4.64. The smallest absolute Gasteiger partial charge is 0.318 e. The summed E-state index contributed by atoms with van der Waals surface area (Å²) < 4.78 is 5.78. The summed E-state index contributed by atoms with van der Waals surface area (Å²) in [5, 5.41) is 13.8. The predicted molar refractivity (Wildman–Crippen MR) is 80.1 cm³/mol. The average molecular weight is 292 g/mol. The Morgan fingerprint density at radius 2 is 2.35 bits per heavy atom. The minimum absolute atomic E-state index is 0.302. The lowest BCUT2D eigenvalue weighted by Crippen LogP contribution is -2.33. The zero-order valence-electron chi connectivity index (χ0n) is 12.1. The van der Waals surface area contributed by atoms with Crippen LogP contribution in [0.2, 0.25) is 0 Å². The number of nitrogens with one attached hydrogen (secondary N) is 1. The molecule has 1 unspecified atom stereocenters. The van der Waals surface area contributed by atoms with E-state index in [1.807, 2.05) is 11.3 Å². The van der Waals surface area contributed by atoms with Gasteiger partial charge in [-0.3, -0.25) is 0 Å². The van der Waals surface area contributed by atoms with E-state index in [2.05, 4.69) is 52.6 Å². The van der Waals surface area contributed by atoms with E-state index in [-0.39, 0.29) is 0 Å². The van der Waals surface area contributed by atoms with Crippen LogP contribution in [0.4, 0.5) is 6.01 Å². The standard InChI is InChI=1S/C14H20N4OS/c1-9(2)15-8-13-16-17-14(19-13)18-6-4-12-11(10(18)3)5-7-20-12/h5,7,9-10,15H,4,6,8H2,1-3H3. The second-order valence-corrected chi connectivity index (χ2v) is 6.43. The highest BCUT2D eigenvalue weighted by Crippen LogP contribution is 2.35. The van der Waals surface area contributed by atoms with Crippen LogP contribution in [0.1, 0.15) is 43.1 Å². The van der Waals surface area contributed by atoms with E-state index in [9.17, 15) is 0 Å². The van der Waals surface area contributed by atoms with Crippen molar-refractivity contribution in [1.82, 2.24) is 15.5 Å². The molecule has 0 saturated carbocycles. The molecule has 6 heteroatoms. The van der Waals surface area contributed by atoms with Crippen LogP contribution in [0.25, 0.3) is 0 Å². The lowest BCUT2D eigenvalue weighted by molar-refractivity contribution is 0.435. The highest BCUT2D eigenvalue weighted by atomic mass is 32.1. The Labute approximate surface area is 123 Å². The van der Waals surface area contributed by atoms with Crippen LogP contribution in [0.3, 0.4) is 0 Å². The zero-order valence-corrected chi connectivity index (χ0v) is 12.9. The van der Waals surface area contributed by atoms with E-state index in [4.69, 9.17) is 4.42 Å². The second kappa shape index (κ2) is 5.54. The molecule has 0 amide bonds. The number of anilines is 1. The third kappa shape index (κ3) is 2.58. The third-order valence-electron chi connectivity index (χ3n) is 3.64. The summed E-state index contributed by atoms with van der Waals surface area (Å²) in [4.78, 5) is 3.68. The van der Waals surface area contributed by atoms with Crippen molar-refractivity contribution in [1.29, 1.82) is 0 Å². The van der Waals surface area contributed by atoms with Gasteiger partial charge in [0.05, 0.1) is 12.6 Å². The van der Waals surface area contributed by atoms with Crippen LogP contribution in [0, 0.1) is 0 Å². The van der Waals surface area contributed by atoms with E-state index >= 15 is 0 Å². The highest BCUT2D eigenvalue weighted by molar-refractivity contribution is 7.10. The first-order valence-corrected chi connectivity index (χ1v) is 7.92. The summed E-state index contributed by atoms with van der Waals surface area (Å²) in [7, 11) is 0. The first-order chi connectivity index (χ1) is 9.65. The molecule has 3 rings (SSSR count). The molecular formula is C14H20N4OS. The van der Waals surface area contributed by atoms with Gasteiger partial charge in [0.15, 0.2) is 0 Å². The molecule has 3 heterocycles. The Hall–Kier alpha value is -1.40. The number of fused-ring (bicyclic) bond motifs is 1. The summed E-state index contributed by atoms with van der Waals surface area (Å²) in [6.45, 7) is 7.95. The number of thiophene rings is 1. The van der Waals surface area contributed by atoms with E-state index < -0.39 is 0 Å². The summed E-state index contributed by atoms with van der Waals surface area (Å²) in [5.41, 5.74) is 1.39. The Bertz CT molecular complexity index is 577. The minimum atomic E-state index is 0.302. The van der Waals surface area contributed by atoms with Crippen molar-refractivity contribution >= 4 is 17.4 Å². The quantitative estimate of drug-likeness (QED) is 0.939. The normalized spacial score (nSPS) is 18.6. The predicted octanol–water partition coefficient (Wildman–Crippen LogP) is 2.75. The van der Waals surface area contributed by atoms with Gasteiger partial charge in [0.25, 0.3) is 0 Å². The zero-order chi connectivity index (χ0) is 14.1. The van der Waals surface area contributed by atoms with Crippen molar-refractivity contribution in [3.63, 3.8) is 0 Å². The van der Waals surface area contributed by atoms with Crippen molar-refractivity contribution < 1.29 is 4.42 Å². The van der Waals surface area contributed by atoms with Gasteiger partial charge < -0.3 is 14.6 Å². The van der Waals surface area contributed by atoms with E-state index in [1.54, 1.807) is 0 Å². The fraction of sp³-hybridized carbons (Fsp3) is 0.571. The van der Waals surface area contributed by atoms with Gasteiger partial charge in [-0.25, -0.2) is 0 Å². The molecule has 108 valence electrons. The van der Waals surface area contributed by atoms with Gasteiger partial charge >= 0.3 is 6.01 Å². The van der Waals surface area contributed by atoms with Crippen LogP contribution >= 0.6 is 11.3 Å². The molecule has 1 N–H and O–H groups in total. The van der Waals surface area contributed by atoms with Gasteiger partial charge in [0, 0.05) is 17.5 Å². The summed E-state index contributed by atoms with van der Waals surface area (Å²) in [6.07, 6.45) is 1.05. The molecule has 20 heavy (non-hydrogen) atoms. The van der Waals surface area contributed by atoms with Crippen molar-refractivity contribution in [2.75, 3.05) is 11.4 Å². The SMILES string of the molecule is CC(C)NCc1nnc(N2CCc3sccc3C2C)o1. The van der Waals surface area contributed by atoms with Crippen molar-refractivity contribution in [2.45, 2.75) is 45.8 Å². The molecule has 1 aliphatic heterocycles. The Kier molecular flexibility index (Phi) is 3.76. The van der Waals surface area contributed by atoms with Crippen molar-refractivity contribution in [2.24, 2.45) is 0 Å². The molecule has 0 fully saturated rings. The van der Waals surface area contributed by atoms with E-state index in [0.717, 1.165) is 13.0 Å². The summed E-state index contributed by atoms with van der Waals surface area (Å²) in [5.74, 6) is 0.650. The lowest BCUT2D eigenvalue weighted by atomic mass is 10.0. The molecule has 0 aromatic carbocycles. The Balaban J connectivity index is 1.74. The van der Waals surface area contributed by atoms with Gasteiger partial charge in [-0.05, 0) is 30.4 Å². The molecule has 0 radical (unpaired) electrons. The van der Waals surface area contributed by atoms with Crippen molar-refractivity contribution in [3.8, 4) is 0 Å². The van der Waals surface area contributed by atoms with Crippen LogP contribution < -0.4 is 10.2 Å². The van der Waals surface area contributed by atoms with Crippen molar-refractivity contribution in [3.05, 3.63) is 27.8 Å². The molecule has 1 atom stereocenters. The van der Waals surface area contributed by atoms with Gasteiger partial charge in [-0.2, -0.15) is 0 Å². The largest absolute Gasteiger partial charge is 0.407 e.